The molecule has 0 saturated heterocycles. The number of carbonyl (C=O) groups is 1. The van der Waals surface area contributed by atoms with Crippen LogP contribution in [0, 0.1) is 12.3 Å². The molecule has 1 atom stereocenters. The molecular weight excluding hydrogens is 306 g/mol. The Morgan fingerprint density at radius 2 is 2.33 bits per heavy atom. The van der Waals surface area contributed by atoms with Crippen molar-refractivity contribution in [2.45, 2.75) is 6.04 Å². The number of fused-ring (bicyclic) bond motifs is 1. The molecule has 0 fully saturated rings. The molecule has 3 rings (SSSR count). The number of hydrogen-bond acceptors (Lipinski definition) is 4. The first kappa shape index (κ1) is 15.6. The van der Waals surface area contributed by atoms with Crippen molar-refractivity contribution in [1.29, 1.82) is 0 Å². The highest BCUT2D eigenvalue weighted by atomic mass is 16.5. The zero-order valence-corrected chi connectivity index (χ0v) is 13.0. The molecule has 24 heavy (non-hydrogen) atoms. The SMILES string of the molecule is C#CCOc1ccc(C=NC2C=CC3=NC(=O)NC3=C2)cc1OC. The summed E-state index contributed by atoms with van der Waals surface area (Å²) in [7, 11) is 1.57. The van der Waals surface area contributed by atoms with E-state index in [2.05, 4.69) is 21.2 Å². The minimum atomic E-state index is -0.349. The van der Waals surface area contributed by atoms with E-state index < -0.39 is 0 Å². The molecule has 0 spiro atoms. The van der Waals surface area contributed by atoms with Crippen LogP contribution in [0.4, 0.5) is 4.79 Å². The molecule has 0 bridgehead atoms. The van der Waals surface area contributed by atoms with Crippen LogP contribution in [0.15, 0.2) is 52.1 Å². The van der Waals surface area contributed by atoms with E-state index in [-0.39, 0.29) is 18.7 Å². The van der Waals surface area contributed by atoms with Crippen LogP contribution in [-0.2, 0) is 0 Å². The number of ether oxygens (including phenoxy) is 2. The minimum Gasteiger partial charge on any atom is -0.493 e. The second-order valence-electron chi connectivity index (χ2n) is 5.04. The van der Waals surface area contributed by atoms with E-state index in [4.69, 9.17) is 15.9 Å². The first-order valence-electron chi connectivity index (χ1n) is 7.27. The molecule has 1 heterocycles. The molecule has 1 N–H and O–H groups in total. The Hall–Kier alpha value is -3.33. The number of allylic oxidation sites excluding steroid dienone is 1. The Bertz CT molecular complexity index is 828. The van der Waals surface area contributed by atoms with Crippen LogP contribution in [0.1, 0.15) is 5.56 Å². The average Bonchev–Trinajstić information content (AvgIpc) is 2.97. The van der Waals surface area contributed by atoms with Crippen LogP contribution < -0.4 is 14.8 Å². The van der Waals surface area contributed by atoms with Crippen molar-refractivity contribution in [1.82, 2.24) is 5.32 Å². The van der Waals surface area contributed by atoms with Crippen LogP contribution in [-0.4, -0.2) is 37.7 Å². The van der Waals surface area contributed by atoms with Gasteiger partial charge in [0, 0.05) is 6.21 Å². The molecular formula is C18H15N3O3. The summed E-state index contributed by atoms with van der Waals surface area (Å²) in [6, 6.07) is 4.95. The zero-order valence-electron chi connectivity index (χ0n) is 13.0. The van der Waals surface area contributed by atoms with Gasteiger partial charge in [0.25, 0.3) is 0 Å². The minimum absolute atomic E-state index is 0.166. The number of terminal acetylenes is 1. The summed E-state index contributed by atoms with van der Waals surface area (Å²) < 4.78 is 10.7. The van der Waals surface area contributed by atoms with E-state index in [0.29, 0.717) is 22.9 Å². The molecule has 1 aliphatic carbocycles. The van der Waals surface area contributed by atoms with E-state index in [0.717, 1.165) is 5.56 Å². The molecule has 1 aromatic carbocycles. The monoisotopic (exact) mass is 321 g/mol. The maximum atomic E-state index is 11.2. The number of urea groups is 1. The smallest absolute Gasteiger partial charge is 0.346 e. The van der Waals surface area contributed by atoms with Crippen molar-refractivity contribution in [3.8, 4) is 23.8 Å². The fourth-order valence-corrected chi connectivity index (χ4v) is 2.31. The van der Waals surface area contributed by atoms with Gasteiger partial charge in [-0.25, -0.2) is 4.79 Å². The molecule has 120 valence electrons. The van der Waals surface area contributed by atoms with Gasteiger partial charge in [-0.15, -0.1) is 6.42 Å². The standard InChI is InChI=1S/C18H15N3O3/c1-3-8-24-16-7-4-12(9-17(16)23-2)11-19-13-5-6-14-15(10-13)21-18(22)20-14/h1,4-7,9-11,13H,8H2,2H3,(H,21,22). The normalized spacial score (nSPS) is 18.5. The summed E-state index contributed by atoms with van der Waals surface area (Å²) in [5.74, 6) is 3.59. The van der Waals surface area contributed by atoms with Crippen molar-refractivity contribution in [2.75, 3.05) is 13.7 Å². The van der Waals surface area contributed by atoms with Crippen molar-refractivity contribution < 1.29 is 14.3 Å². The molecule has 2 amide bonds. The number of amides is 2. The molecule has 1 aliphatic heterocycles. The van der Waals surface area contributed by atoms with Gasteiger partial charge in [-0.05, 0) is 35.9 Å². The zero-order chi connectivity index (χ0) is 16.9. The molecule has 0 radical (unpaired) electrons. The number of benzene rings is 1. The first-order chi connectivity index (χ1) is 11.7. The summed E-state index contributed by atoms with van der Waals surface area (Å²) in [6.07, 6.45) is 12.4. The summed E-state index contributed by atoms with van der Waals surface area (Å²) in [5.41, 5.74) is 2.20. The van der Waals surface area contributed by atoms with Crippen LogP contribution in [0.2, 0.25) is 0 Å². The number of hydrogen-bond donors (Lipinski definition) is 1. The van der Waals surface area contributed by atoms with Gasteiger partial charge in [0.1, 0.15) is 6.61 Å². The van der Waals surface area contributed by atoms with E-state index in [1.807, 2.05) is 24.3 Å². The molecule has 6 heteroatoms. The van der Waals surface area contributed by atoms with Gasteiger partial charge >= 0.3 is 6.03 Å². The molecule has 6 nitrogen and oxygen atoms in total. The second-order valence-corrected chi connectivity index (χ2v) is 5.04. The highest BCUT2D eigenvalue weighted by molar-refractivity contribution is 6.19. The van der Waals surface area contributed by atoms with Crippen molar-refractivity contribution in [2.24, 2.45) is 9.98 Å². The summed E-state index contributed by atoms with van der Waals surface area (Å²) in [4.78, 5) is 19.5. The Morgan fingerprint density at radius 3 is 3.12 bits per heavy atom. The van der Waals surface area contributed by atoms with Crippen LogP contribution in [0.5, 0.6) is 11.5 Å². The topological polar surface area (TPSA) is 72.3 Å². The Balaban J connectivity index is 1.73. The summed E-state index contributed by atoms with van der Waals surface area (Å²) in [5, 5.41) is 2.67. The third-order valence-electron chi connectivity index (χ3n) is 3.42. The van der Waals surface area contributed by atoms with E-state index in [1.165, 1.54) is 0 Å². The number of rotatable bonds is 5. The van der Waals surface area contributed by atoms with Crippen LogP contribution in [0.25, 0.3) is 0 Å². The Kier molecular flexibility index (Phi) is 4.43. The van der Waals surface area contributed by atoms with Gasteiger partial charge < -0.3 is 14.8 Å². The van der Waals surface area contributed by atoms with Gasteiger partial charge in [0.05, 0.1) is 24.6 Å². The highest BCUT2D eigenvalue weighted by Crippen LogP contribution is 2.27. The van der Waals surface area contributed by atoms with Crippen molar-refractivity contribution in [3.63, 3.8) is 0 Å². The lowest BCUT2D eigenvalue weighted by Gasteiger charge is -2.11. The Labute approximate surface area is 139 Å². The predicted molar refractivity (Wildman–Crippen MR) is 91.9 cm³/mol. The van der Waals surface area contributed by atoms with Crippen LogP contribution >= 0.6 is 0 Å². The number of aliphatic imine (C=N–C) groups is 2. The van der Waals surface area contributed by atoms with Gasteiger partial charge in [-0.3, -0.25) is 4.99 Å². The van der Waals surface area contributed by atoms with Crippen LogP contribution in [0.3, 0.4) is 0 Å². The van der Waals surface area contributed by atoms with E-state index in [9.17, 15) is 4.79 Å². The number of nitrogens with one attached hydrogen (secondary N) is 1. The summed E-state index contributed by atoms with van der Waals surface area (Å²) in [6.45, 7) is 0.180. The fourth-order valence-electron chi connectivity index (χ4n) is 2.31. The largest absolute Gasteiger partial charge is 0.493 e. The molecule has 2 aliphatic rings. The number of nitrogens with zero attached hydrogens (tertiary/aromatic N) is 2. The fraction of sp³-hybridized carbons (Fsp3) is 0.167. The maximum Gasteiger partial charge on any atom is 0.346 e. The molecule has 0 aromatic heterocycles. The van der Waals surface area contributed by atoms with E-state index >= 15 is 0 Å². The lowest BCUT2D eigenvalue weighted by Crippen LogP contribution is -2.18. The molecule has 1 unspecified atom stereocenters. The lowest BCUT2D eigenvalue weighted by molar-refractivity contribution is 0.253. The number of methoxy groups -OCH3 is 1. The Morgan fingerprint density at radius 1 is 1.46 bits per heavy atom. The predicted octanol–water partition coefficient (Wildman–Crippen LogP) is 2.11. The van der Waals surface area contributed by atoms with E-state index in [1.54, 1.807) is 25.5 Å². The number of carbonyl (C=O) groups excluding carboxylic acids is 1. The highest BCUT2D eigenvalue weighted by Gasteiger charge is 2.21. The van der Waals surface area contributed by atoms with Gasteiger partial charge in [0.2, 0.25) is 0 Å². The van der Waals surface area contributed by atoms with Crippen molar-refractivity contribution in [3.05, 3.63) is 47.7 Å². The lowest BCUT2D eigenvalue weighted by atomic mass is 10.1. The van der Waals surface area contributed by atoms with Gasteiger partial charge in [0.15, 0.2) is 11.5 Å². The third kappa shape index (κ3) is 3.36. The quantitative estimate of drug-likeness (QED) is 0.667. The average molecular weight is 321 g/mol. The first-order valence-corrected chi connectivity index (χ1v) is 7.27. The third-order valence-corrected chi connectivity index (χ3v) is 3.42. The maximum absolute atomic E-state index is 11.2. The summed E-state index contributed by atoms with van der Waals surface area (Å²) >= 11 is 0. The molecule has 0 saturated carbocycles. The molecule has 1 aromatic rings. The van der Waals surface area contributed by atoms with Gasteiger partial charge in [-0.2, -0.15) is 4.99 Å². The second kappa shape index (κ2) is 6.84. The van der Waals surface area contributed by atoms with Gasteiger partial charge in [-0.1, -0.05) is 12.0 Å². The van der Waals surface area contributed by atoms with Crippen molar-refractivity contribution >= 4 is 18.0 Å².